The minimum absolute atomic E-state index is 0.0828. The van der Waals surface area contributed by atoms with Crippen molar-refractivity contribution in [2.45, 2.75) is 82.6 Å². The zero-order chi connectivity index (χ0) is 12.3. The molecule has 3 atom stereocenters. The fourth-order valence-corrected chi connectivity index (χ4v) is 3.35. The van der Waals surface area contributed by atoms with E-state index in [2.05, 4.69) is 19.2 Å². The SMILES string of the molecule is CCC1(CC)CC(N[C@@H]2CCC[C@H]2O)CCO1. The quantitative estimate of drug-likeness (QED) is 0.793. The molecule has 1 saturated carbocycles. The van der Waals surface area contributed by atoms with Crippen LogP contribution in [-0.2, 0) is 4.74 Å². The lowest BCUT2D eigenvalue weighted by Crippen LogP contribution is -2.50. The monoisotopic (exact) mass is 241 g/mol. The Morgan fingerprint density at radius 3 is 2.59 bits per heavy atom. The summed E-state index contributed by atoms with van der Waals surface area (Å²) in [6, 6.07) is 0.853. The van der Waals surface area contributed by atoms with Crippen LogP contribution in [0.15, 0.2) is 0 Å². The highest BCUT2D eigenvalue weighted by atomic mass is 16.5. The molecular formula is C14H27NO2. The van der Waals surface area contributed by atoms with Gasteiger partial charge in [-0.2, -0.15) is 0 Å². The molecule has 17 heavy (non-hydrogen) atoms. The van der Waals surface area contributed by atoms with E-state index in [0.29, 0.717) is 12.1 Å². The molecule has 3 heteroatoms. The molecular weight excluding hydrogens is 214 g/mol. The van der Waals surface area contributed by atoms with E-state index in [4.69, 9.17) is 4.74 Å². The normalized spacial score (nSPS) is 37.2. The summed E-state index contributed by atoms with van der Waals surface area (Å²) >= 11 is 0. The third-order valence-corrected chi connectivity index (χ3v) is 4.71. The van der Waals surface area contributed by atoms with Gasteiger partial charge in [-0.15, -0.1) is 0 Å². The van der Waals surface area contributed by atoms with Crippen LogP contribution in [0.2, 0.25) is 0 Å². The fraction of sp³-hybridized carbons (Fsp3) is 1.00. The molecule has 0 amide bonds. The average molecular weight is 241 g/mol. The molecule has 1 saturated heterocycles. The molecule has 1 unspecified atom stereocenters. The maximum absolute atomic E-state index is 9.87. The summed E-state index contributed by atoms with van der Waals surface area (Å²) in [5.41, 5.74) is 0.0828. The van der Waals surface area contributed by atoms with E-state index in [0.717, 1.165) is 51.6 Å². The average Bonchev–Trinajstić information content (AvgIpc) is 2.75. The first kappa shape index (κ1) is 13.3. The standard InChI is InChI=1S/C14H27NO2/c1-3-14(4-2)10-11(8-9-17-14)15-12-6-5-7-13(12)16/h11-13,15-16H,3-10H2,1-2H3/t11?,12-,13-/m1/s1. The fourth-order valence-electron chi connectivity index (χ4n) is 3.35. The van der Waals surface area contributed by atoms with Gasteiger partial charge in [0, 0.05) is 18.7 Å². The van der Waals surface area contributed by atoms with Crippen molar-refractivity contribution in [3.05, 3.63) is 0 Å². The van der Waals surface area contributed by atoms with Crippen molar-refractivity contribution in [1.29, 1.82) is 0 Å². The molecule has 0 bridgehead atoms. The molecule has 1 aliphatic heterocycles. The van der Waals surface area contributed by atoms with E-state index in [9.17, 15) is 5.11 Å². The summed E-state index contributed by atoms with van der Waals surface area (Å²) in [4.78, 5) is 0. The number of ether oxygens (including phenoxy) is 1. The zero-order valence-corrected chi connectivity index (χ0v) is 11.2. The molecule has 100 valence electrons. The van der Waals surface area contributed by atoms with Crippen LogP contribution in [0.1, 0.15) is 58.8 Å². The lowest BCUT2D eigenvalue weighted by atomic mass is 9.85. The maximum atomic E-state index is 9.87. The molecule has 1 heterocycles. The zero-order valence-electron chi connectivity index (χ0n) is 11.2. The van der Waals surface area contributed by atoms with Gasteiger partial charge >= 0.3 is 0 Å². The van der Waals surface area contributed by atoms with Gasteiger partial charge in [0.2, 0.25) is 0 Å². The first-order chi connectivity index (χ1) is 8.19. The van der Waals surface area contributed by atoms with Gasteiger partial charge in [-0.3, -0.25) is 0 Å². The van der Waals surface area contributed by atoms with E-state index < -0.39 is 0 Å². The Labute approximate surface area is 105 Å². The number of nitrogens with one attached hydrogen (secondary N) is 1. The van der Waals surface area contributed by atoms with Gasteiger partial charge < -0.3 is 15.2 Å². The molecule has 2 N–H and O–H groups in total. The molecule has 0 aromatic rings. The Bertz CT molecular complexity index is 240. The summed E-state index contributed by atoms with van der Waals surface area (Å²) in [6.07, 6.45) is 7.50. The van der Waals surface area contributed by atoms with E-state index in [1.807, 2.05) is 0 Å². The molecule has 2 fully saturated rings. The van der Waals surface area contributed by atoms with Crippen molar-refractivity contribution in [1.82, 2.24) is 5.32 Å². The number of hydrogen-bond acceptors (Lipinski definition) is 3. The van der Waals surface area contributed by atoms with Crippen molar-refractivity contribution >= 4 is 0 Å². The molecule has 0 spiro atoms. The van der Waals surface area contributed by atoms with Crippen LogP contribution in [0, 0.1) is 0 Å². The second kappa shape index (κ2) is 5.68. The van der Waals surface area contributed by atoms with Crippen LogP contribution in [-0.4, -0.2) is 35.5 Å². The van der Waals surface area contributed by atoms with Crippen LogP contribution >= 0.6 is 0 Å². The predicted molar refractivity (Wildman–Crippen MR) is 69.1 cm³/mol. The summed E-state index contributed by atoms with van der Waals surface area (Å²) in [6.45, 7) is 5.30. The third-order valence-electron chi connectivity index (χ3n) is 4.71. The van der Waals surface area contributed by atoms with Gasteiger partial charge in [0.15, 0.2) is 0 Å². The van der Waals surface area contributed by atoms with Crippen molar-refractivity contribution in [3.8, 4) is 0 Å². The van der Waals surface area contributed by atoms with Crippen LogP contribution in [0.25, 0.3) is 0 Å². The highest BCUT2D eigenvalue weighted by Gasteiger charge is 2.36. The van der Waals surface area contributed by atoms with Gasteiger partial charge in [-0.05, 0) is 44.9 Å². The smallest absolute Gasteiger partial charge is 0.0693 e. The Balaban J connectivity index is 1.88. The molecule has 0 radical (unpaired) electrons. The molecule has 2 aliphatic rings. The summed E-state index contributed by atoms with van der Waals surface area (Å²) < 4.78 is 5.98. The summed E-state index contributed by atoms with van der Waals surface area (Å²) in [7, 11) is 0. The van der Waals surface area contributed by atoms with E-state index in [-0.39, 0.29) is 11.7 Å². The minimum Gasteiger partial charge on any atom is -0.392 e. The number of aliphatic hydroxyl groups excluding tert-OH is 1. The summed E-state index contributed by atoms with van der Waals surface area (Å²) in [5, 5.41) is 13.5. The lowest BCUT2D eigenvalue weighted by Gasteiger charge is -2.41. The first-order valence-corrected chi connectivity index (χ1v) is 7.27. The predicted octanol–water partition coefficient (Wildman–Crippen LogP) is 2.23. The van der Waals surface area contributed by atoms with Gasteiger partial charge in [0.1, 0.15) is 0 Å². The Morgan fingerprint density at radius 2 is 2.00 bits per heavy atom. The molecule has 0 aromatic carbocycles. The highest BCUT2D eigenvalue weighted by Crippen LogP contribution is 2.32. The van der Waals surface area contributed by atoms with E-state index >= 15 is 0 Å². The lowest BCUT2D eigenvalue weighted by molar-refractivity contribution is -0.0951. The van der Waals surface area contributed by atoms with Crippen LogP contribution in [0.3, 0.4) is 0 Å². The van der Waals surface area contributed by atoms with Crippen LogP contribution in [0.4, 0.5) is 0 Å². The first-order valence-electron chi connectivity index (χ1n) is 7.27. The van der Waals surface area contributed by atoms with Crippen molar-refractivity contribution < 1.29 is 9.84 Å². The van der Waals surface area contributed by atoms with Crippen LogP contribution in [0.5, 0.6) is 0 Å². The van der Waals surface area contributed by atoms with Crippen molar-refractivity contribution in [2.75, 3.05) is 6.61 Å². The Morgan fingerprint density at radius 1 is 1.24 bits per heavy atom. The maximum Gasteiger partial charge on any atom is 0.0693 e. The Kier molecular flexibility index (Phi) is 4.45. The Hall–Kier alpha value is -0.120. The molecule has 3 nitrogen and oxygen atoms in total. The van der Waals surface area contributed by atoms with Gasteiger partial charge in [-0.25, -0.2) is 0 Å². The van der Waals surface area contributed by atoms with Crippen LogP contribution < -0.4 is 5.32 Å². The van der Waals surface area contributed by atoms with Crippen molar-refractivity contribution in [3.63, 3.8) is 0 Å². The third kappa shape index (κ3) is 3.01. The molecule has 0 aromatic heterocycles. The van der Waals surface area contributed by atoms with Gasteiger partial charge in [-0.1, -0.05) is 13.8 Å². The van der Waals surface area contributed by atoms with Crippen molar-refractivity contribution in [2.24, 2.45) is 0 Å². The highest BCUT2D eigenvalue weighted by molar-refractivity contribution is 4.92. The summed E-state index contributed by atoms with van der Waals surface area (Å²) in [5.74, 6) is 0. The number of aliphatic hydroxyl groups is 1. The van der Waals surface area contributed by atoms with Gasteiger partial charge in [0.25, 0.3) is 0 Å². The minimum atomic E-state index is -0.129. The number of rotatable bonds is 4. The largest absolute Gasteiger partial charge is 0.392 e. The molecule has 1 aliphatic carbocycles. The van der Waals surface area contributed by atoms with Gasteiger partial charge in [0.05, 0.1) is 11.7 Å². The second-order valence-electron chi connectivity index (χ2n) is 5.70. The topological polar surface area (TPSA) is 41.5 Å². The van der Waals surface area contributed by atoms with E-state index in [1.165, 1.54) is 0 Å². The molecule has 2 rings (SSSR count). The number of hydrogen-bond donors (Lipinski definition) is 2. The second-order valence-corrected chi connectivity index (χ2v) is 5.70. The van der Waals surface area contributed by atoms with E-state index in [1.54, 1.807) is 0 Å².